The highest BCUT2D eigenvalue weighted by molar-refractivity contribution is 8.15. The molecule has 1 fully saturated rings. The van der Waals surface area contributed by atoms with Crippen molar-refractivity contribution in [1.82, 2.24) is 5.32 Å². The van der Waals surface area contributed by atoms with Gasteiger partial charge >= 0.3 is 0 Å². The Morgan fingerprint density at radius 3 is 2.56 bits per heavy atom. The monoisotopic (exact) mass is 389 g/mol. The number of nitrogens with one attached hydrogen (secondary N) is 2. The molecule has 2 aromatic rings. The summed E-state index contributed by atoms with van der Waals surface area (Å²) in [7, 11) is 0. The first-order chi connectivity index (χ1) is 12.8. The van der Waals surface area contributed by atoms with Crippen molar-refractivity contribution in [2.45, 2.75) is 25.5 Å². The highest BCUT2D eigenvalue weighted by Crippen LogP contribution is 2.26. The molecule has 27 heavy (non-hydrogen) atoms. The molecule has 1 saturated heterocycles. The van der Waals surface area contributed by atoms with Crippen molar-refractivity contribution in [3.63, 3.8) is 0 Å². The van der Waals surface area contributed by atoms with E-state index >= 15 is 0 Å². The van der Waals surface area contributed by atoms with Crippen molar-refractivity contribution in [2.75, 3.05) is 5.32 Å². The van der Waals surface area contributed by atoms with E-state index in [1.165, 1.54) is 0 Å². The van der Waals surface area contributed by atoms with Gasteiger partial charge < -0.3 is 10.6 Å². The van der Waals surface area contributed by atoms with E-state index in [2.05, 4.69) is 15.6 Å². The first-order valence-electron chi connectivity index (χ1n) is 8.19. The van der Waals surface area contributed by atoms with Crippen molar-refractivity contribution in [3.05, 3.63) is 59.2 Å². The van der Waals surface area contributed by atoms with E-state index in [1.54, 1.807) is 0 Å². The van der Waals surface area contributed by atoms with Gasteiger partial charge in [-0.05, 0) is 49.2 Å². The predicted molar refractivity (Wildman–Crippen MR) is 102 cm³/mol. The van der Waals surface area contributed by atoms with Gasteiger partial charge in [-0.15, -0.1) is 0 Å². The zero-order chi connectivity index (χ0) is 19.6. The SMILES string of the molecule is Cc1cc(C)cc(N=C2NC(=O)[C@@H](CC(=O)Nc3ccc(F)cc3F)S2)c1. The summed E-state index contributed by atoms with van der Waals surface area (Å²) in [4.78, 5) is 28.6. The maximum Gasteiger partial charge on any atom is 0.240 e. The second-order valence-corrected chi connectivity index (χ2v) is 7.43. The third-order valence-corrected chi connectivity index (χ3v) is 4.87. The molecule has 8 heteroatoms. The molecular formula is C19H17F2N3O2S. The van der Waals surface area contributed by atoms with Crippen molar-refractivity contribution in [2.24, 2.45) is 4.99 Å². The lowest BCUT2D eigenvalue weighted by atomic mass is 10.1. The van der Waals surface area contributed by atoms with E-state index in [1.807, 2.05) is 32.0 Å². The van der Waals surface area contributed by atoms with Crippen LogP contribution in [0.2, 0.25) is 0 Å². The van der Waals surface area contributed by atoms with Crippen LogP contribution in [0.3, 0.4) is 0 Å². The van der Waals surface area contributed by atoms with Crippen LogP contribution >= 0.6 is 11.8 Å². The first kappa shape index (κ1) is 19.0. The normalized spacial score (nSPS) is 17.9. The number of carbonyl (C=O) groups is 2. The lowest BCUT2D eigenvalue weighted by molar-refractivity contribution is -0.122. The zero-order valence-electron chi connectivity index (χ0n) is 14.7. The Balaban J connectivity index is 1.65. The molecule has 1 atom stereocenters. The molecule has 0 saturated carbocycles. The first-order valence-corrected chi connectivity index (χ1v) is 9.07. The Hall–Kier alpha value is -2.74. The summed E-state index contributed by atoms with van der Waals surface area (Å²) in [5.74, 6) is -2.48. The van der Waals surface area contributed by atoms with Gasteiger partial charge in [0, 0.05) is 12.5 Å². The lowest BCUT2D eigenvalue weighted by Crippen LogP contribution is -2.28. The van der Waals surface area contributed by atoms with E-state index in [0.29, 0.717) is 16.9 Å². The molecule has 0 aromatic heterocycles. The number of amides is 2. The minimum Gasteiger partial charge on any atom is -0.324 e. The number of halogens is 2. The minimum absolute atomic E-state index is 0.131. The van der Waals surface area contributed by atoms with E-state index in [9.17, 15) is 18.4 Å². The number of aryl methyl sites for hydroxylation is 2. The van der Waals surface area contributed by atoms with Gasteiger partial charge in [-0.3, -0.25) is 9.59 Å². The number of anilines is 1. The number of hydrogen-bond donors (Lipinski definition) is 2. The summed E-state index contributed by atoms with van der Waals surface area (Å²) in [6, 6.07) is 8.67. The fraction of sp³-hybridized carbons (Fsp3) is 0.211. The quantitative estimate of drug-likeness (QED) is 0.835. The molecule has 1 heterocycles. The maximum absolute atomic E-state index is 13.6. The summed E-state index contributed by atoms with van der Waals surface area (Å²) in [6.07, 6.45) is -0.154. The van der Waals surface area contributed by atoms with Gasteiger partial charge in [0.1, 0.15) is 16.9 Å². The number of nitrogens with zero attached hydrogens (tertiary/aromatic N) is 1. The number of hydrogen-bond acceptors (Lipinski definition) is 4. The topological polar surface area (TPSA) is 70.6 Å². The number of rotatable bonds is 4. The molecule has 2 amide bonds. The van der Waals surface area contributed by atoms with Crippen LogP contribution in [0.25, 0.3) is 0 Å². The van der Waals surface area contributed by atoms with Crippen LogP contribution in [0, 0.1) is 25.5 Å². The van der Waals surface area contributed by atoms with E-state index in [4.69, 9.17) is 0 Å². The predicted octanol–water partition coefficient (Wildman–Crippen LogP) is 3.83. The summed E-state index contributed by atoms with van der Waals surface area (Å²) in [5, 5.41) is 4.74. The molecule has 1 aliphatic heterocycles. The second-order valence-electron chi connectivity index (χ2n) is 6.24. The van der Waals surface area contributed by atoms with Crippen molar-refractivity contribution in [1.29, 1.82) is 0 Å². The molecule has 0 spiro atoms. The number of thioether (sulfide) groups is 1. The van der Waals surface area contributed by atoms with Crippen LogP contribution in [0.4, 0.5) is 20.2 Å². The maximum atomic E-state index is 13.6. The summed E-state index contributed by atoms with van der Waals surface area (Å²) < 4.78 is 26.5. The molecule has 0 unspecified atom stereocenters. The molecule has 2 N–H and O–H groups in total. The molecule has 5 nitrogen and oxygen atoms in total. The number of aliphatic imine (C=N–C) groups is 1. The highest BCUT2D eigenvalue weighted by Gasteiger charge is 2.32. The highest BCUT2D eigenvalue weighted by atomic mass is 32.2. The van der Waals surface area contributed by atoms with Gasteiger partial charge in [0.2, 0.25) is 11.8 Å². The average Bonchev–Trinajstić information content (AvgIpc) is 2.88. The summed E-state index contributed by atoms with van der Waals surface area (Å²) in [6.45, 7) is 3.91. The van der Waals surface area contributed by atoms with Crippen LogP contribution in [0.5, 0.6) is 0 Å². The van der Waals surface area contributed by atoms with E-state index in [0.717, 1.165) is 35.0 Å². The number of benzene rings is 2. The van der Waals surface area contributed by atoms with Crippen molar-refractivity contribution in [3.8, 4) is 0 Å². The molecule has 140 valence electrons. The fourth-order valence-electron chi connectivity index (χ4n) is 2.69. The van der Waals surface area contributed by atoms with Crippen LogP contribution in [-0.4, -0.2) is 22.2 Å². The number of carbonyl (C=O) groups excluding carboxylic acids is 2. The lowest BCUT2D eigenvalue weighted by Gasteiger charge is -2.08. The molecule has 0 aliphatic carbocycles. The van der Waals surface area contributed by atoms with E-state index in [-0.39, 0.29) is 18.0 Å². The van der Waals surface area contributed by atoms with Crippen molar-refractivity contribution >= 4 is 40.1 Å². The second kappa shape index (κ2) is 7.87. The van der Waals surface area contributed by atoms with Crippen LogP contribution in [-0.2, 0) is 9.59 Å². The molecule has 3 rings (SSSR count). The van der Waals surface area contributed by atoms with E-state index < -0.39 is 22.8 Å². The summed E-state index contributed by atoms with van der Waals surface area (Å²) >= 11 is 1.15. The molecule has 0 bridgehead atoms. The van der Waals surface area contributed by atoms with Gasteiger partial charge in [0.05, 0.1) is 11.4 Å². The molecule has 2 aromatic carbocycles. The van der Waals surface area contributed by atoms with Gasteiger partial charge in [-0.1, -0.05) is 17.8 Å². The largest absolute Gasteiger partial charge is 0.324 e. The smallest absolute Gasteiger partial charge is 0.240 e. The minimum atomic E-state index is -0.871. The standard InChI is InChI=1S/C19H17F2N3O2S/c1-10-5-11(2)7-13(6-10)22-19-24-18(26)16(27-19)9-17(25)23-15-4-3-12(20)8-14(15)21/h3-8,16H,9H2,1-2H3,(H,23,25)(H,22,24,26)/t16-/m1/s1. The Morgan fingerprint density at radius 2 is 1.89 bits per heavy atom. The fourth-order valence-corrected chi connectivity index (χ4v) is 3.67. The molecule has 0 radical (unpaired) electrons. The van der Waals surface area contributed by atoms with Gasteiger partial charge in [0.25, 0.3) is 0 Å². The third-order valence-electron chi connectivity index (χ3n) is 3.79. The Morgan fingerprint density at radius 1 is 1.19 bits per heavy atom. The van der Waals surface area contributed by atoms with Crippen LogP contribution in [0.1, 0.15) is 17.5 Å². The average molecular weight is 389 g/mol. The number of amidine groups is 1. The van der Waals surface area contributed by atoms with Crippen molar-refractivity contribution < 1.29 is 18.4 Å². The van der Waals surface area contributed by atoms with Gasteiger partial charge in [-0.2, -0.15) is 0 Å². The van der Waals surface area contributed by atoms with Gasteiger partial charge in [0.15, 0.2) is 5.17 Å². The Bertz CT molecular complexity index is 926. The van der Waals surface area contributed by atoms with Gasteiger partial charge in [-0.25, -0.2) is 13.8 Å². The third kappa shape index (κ3) is 4.91. The van der Waals surface area contributed by atoms with Crippen LogP contribution in [0.15, 0.2) is 41.4 Å². The molecule has 1 aliphatic rings. The zero-order valence-corrected chi connectivity index (χ0v) is 15.5. The Labute approximate surface area is 159 Å². The summed E-state index contributed by atoms with van der Waals surface area (Å²) in [5.41, 5.74) is 2.70. The molecular weight excluding hydrogens is 372 g/mol. The van der Waals surface area contributed by atoms with Crippen LogP contribution < -0.4 is 10.6 Å². The Kier molecular flexibility index (Phi) is 5.55.